The van der Waals surface area contributed by atoms with Crippen LogP contribution in [0.4, 0.5) is 0 Å². The van der Waals surface area contributed by atoms with E-state index in [0.717, 1.165) is 32.4 Å². The van der Waals surface area contributed by atoms with Crippen molar-refractivity contribution in [3.63, 3.8) is 0 Å². The summed E-state index contributed by atoms with van der Waals surface area (Å²) in [6.07, 6.45) is 8.73. The molecule has 3 heterocycles. The van der Waals surface area contributed by atoms with Crippen molar-refractivity contribution in [1.29, 1.82) is 0 Å². The summed E-state index contributed by atoms with van der Waals surface area (Å²) in [6, 6.07) is -0.280. The Balaban J connectivity index is 1.37. The van der Waals surface area contributed by atoms with E-state index in [1.165, 1.54) is 34.7 Å². The molecule has 23 heavy (non-hydrogen) atoms. The van der Waals surface area contributed by atoms with Gasteiger partial charge < -0.3 is 4.90 Å². The van der Waals surface area contributed by atoms with Gasteiger partial charge in [-0.1, -0.05) is 0 Å². The van der Waals surface area contributed by atoms with Crippen molar-refractivity contribution in [2.45, 2.75) is 51.0 Å². The van der Waals surface area contributed by atoms with Gasteiger partial charge in [0.05, 0.1) is 10.7 Å². The molecule has 1 amide bonds. The van der Waals surface area contributed by atoms with Crippen LogP contribution >= 0.6 is 11.3 Å². The Kier molecular flexibility index (Phi) is 3.88. The zero-order valence-corrected chi connectivity index (χ0v) is 14.1. The third-order valence-electron chi connectivity index (χ3n) is 4.96. The summed E-state index contributed by atoms with van der Waals surface area (Å²) in [7, 11) is 0. The first kappa shape index (κ1) is 14.8. The van der Waals surface area contributed by atoms with Crippen LogP contribution in [-0.2, 0) is 17.6 Å². The van der Waals surface area contributed by atoms with E-state index in [0.29, 0.717) is 5.92 Å². The van der Waals surface area contributed by atoms with Gasteiger partial charge in [0.2, 0.25) is 5.91 Å². The lowest BCUT2D eigenvalue weighted by Crippen LogP contribution is -2.41. The van der Waals surface area contributed by atoms with Gasteiger partial charge in [0.25, 0.3) is 0 Å². The van der Waals surface area contributed by atoms with E-state index >= 15 is 0 Å². The molecule has 2 aromatic rings. The molecule has 7 heteroatoms. The van der Waals surface area contributed by atoms with Gasteiger partial charge in [0.15, 0.2) is 0 Å². The summed E-state index contributed by atoms with van der Waals surface area (Å²) < 4.78 is 1.62. The SMILES string of the molecule is CC(C(=O)N1CCC(c2nc3c(s2)CCC3)CC1)n1cncn1. The Bertz CT molecular complexity index is 666. The number of piperidine rings is 1. The van der Waals surface area contributed by atoms with Gasteiger partial charge >= 0.3 is 0 Å². The molecule has 1 fully saturated rings. The van der Waals surface area contributed by atoms with Gasteiger partial charge in [-0.15, -0.1) is 11.3 Å². The summed E-state index contributed by atoms with van der Waals surface area (Å²) in [5.41, 5.74) is 1.34. The Hall–Kier alpha value is -1.76. The number of aryl methyl sites for hydroxylation is 2. The predicted octanol–water partition coefficient (Wildman–Crippen LogP) is 2.19. The number of carbonyl (C=O) groups excluding carboxylic acids is 1. The number of hydrogen-bond acceptors (Lipinski definition) is 5. The minimum absolute atomic E-state index is 0.135. The van der Waals surface area contributed by atoms with Crippen LogP contribution in [0, 0.1) is 0 Å². The van der Waals surface area contributed by atoms with E-state index in [2.05, 4.69) is 10.1 Å². The molecule has 1 aliphatic carbocycles. The topological polar surface area (TPSA) is 63.9 Å². The number of hydrogen-bond donors (Lipinski definition) is 0. The molecule has 0 spiro atoms. The van der Waals surface area contributed by atoms with Crippen molar-refractivity contribution < 1.29 is 4.79 Å². The lowest BCUT2D eigenvalue weighted by atomic mass is 9.97. The fraction of sp³-hybridized carbons (Fsp3) is 0.625. The van der Waals surface area contributed by atoms with Crippen molar-refractivity contribution in [2.75, 3.05) is 13.1 Å². The van der Waals surface area contributed by atoms with Crippen molar-refractivity contribution in [3.8, 4) is 0 Å². The van der Waals surface area contributed by atoms with Crippen LogP contribution in [0.2, 0.25) is 0 Å². The van der Waals surface area contributed by atoms with Crippen LogP contribution in [0.3, 0.4) is 0 Å². The normalized spacial score (nSPS) is 19.8. The number of nitrogens with zero attached hydrogens (tertiary/aromatic N) is 5. The Morgan fingerprint density at radius 2 is 2.17 bits per heavy atom. The van der Waals surface area contributed by atoms with Gasteiger partial charge in [0, 0.05) is 23.9 Å². The van der Waals surface area contributed by atoms with Crippen LogP contribution < -0.4 is 0 Å². The molecule has 0 bridgehead atoms. The maximum atomic E-state index is 12.6. The molecule has 1 atom stereocenters. The molecule has 4 rings (SSSR count). The second kappa shape index (κ2) is 6.03. The molecule has 0 saturated carbocycles. The Labute approximate surface area is 139 Å². The molecule has 1 saturated heterocycles. The molecule has 2 aromatic heterocycles. The standard InChI is InChI=1S/C16H21N5OS/c1-11(21-10-17-9-18-21)16(22)20-7-5-12(6-8-20)15-19-13-3-2-4-14(13)23-15/h9-12H,2-8H2,1H3. The molecule has 6 nitrogen and oxygen atoms in total. The third kappa shape index (κ3) is 2.78. The lowest BCUT2D eigenvalue weighted by Gasteiger charge is -2.32. The monoisotopic (exact) mass is 331 g/mol. The number of carbonyl (C=O) groups is 1. The van der Waals surface area contributed by atoms with Crippen LogP contribution in [-0.4, -0.2) is 43.6 Å². The molecular weight excluding hydrogens is 310 g/mol. The molecule has 1 unspecified atom stereocenters. The van der Waals surface area contributed by atoms with Gasteiger partial charge in [0.1, 0.15) is 18.7 Å². The summed E-state index contributed by atoms with van der Waals surface area (Å²) in [5.74, 6) is 0.659. The molecular formula is C16H21N5OS. The second-order valence-corrected chi connectivity index (χ2v) is 7.54. The van der Waals surface area contributed by atoms with Crippen molar-refractivity contribution in [3.05, 3.63) is 28.2 Å². The summed E-state index contributed by atoms with van der Waals surface area (Å²) >= 11 is 1.91. The van der Waals surface area contributed by atoms with Crippen molar-refractivity contribution in [2.24, 2.45) is 0 Å². The number of thiazole rings is 1. The number of fused-ring (bicyclic) bond motifs is 1. The minimum atomic E-state index is -0.280. The van der Waals surface area contributed by atoms with E-state index < -0.39 is 0 Å². The highest BCUT2D eigenvalue weighted by Gasteiger charge is 2.30. The minimum Gasteiger partial charge on any atom is -0.341 e. The molecule has 0 radical (unpaired) electrons. The van der Waals surface area contributed by atoms with E-state index in [1.807, 2.05) is 23.2 Å². The maximum Gasteiger partial charge on any atom is 0.247 e. The highest BCUT2D eigenvalue weighted by Crippen LogP contribution is 2.36. The van der Waals surface area contributed by atoms with E-state index in [-0.39, 0.29) is 11.9 Å². The van der Waals surface area contributed by atoms with E-state index in [9.17, 15) is 4.79 Å². The fourth-order valence-corrected chi connectivity index (χ4v) is 4.85. The first-order valence-corrected chi connectivity index (χ1v) is 9.15. The number of aromatic nitrogens is 4. The van der Waals surface area contributed by atoms with Crippen molar-refractivity contribution in [1.82, 2.24) is 24.6 Å². The zero-order chi connectivity index (χ0) is 15.8. The first-order valence-electron chi connectivity index (χ1n) is 8.33. The van der Waals surface area contributed by atoms with Gasteiger partial charge in [-0.3, -0.25) is 4.79 Å². The summed E-state index contributed by atoms with van der Waals surface area (Å²) in [4.78, 5) is 24.8. The Morgan fingerprint density at radius 1 is 1.35 bits per heavy atom. The smallest absolute Gasteiger partial charge is 0.247 e. The van der Waals surface area contributed by atoms with E-state index in [1.54, 1.807) is 11.0 Å². The van der Waals surface area contributed by atoms with Gasteiger partial charge in [-0.25, -0.2) is 14.6 Å². The summed E-state index contributed by atoms with van der Waals surface area (Å²) in [5, 5.41) is 5.37. The number of amides is 1. The molecule has 0 N–H and O–H groups in total. The fourth-order valence-electron chi connectivity index (χ4n) is 3.53. The van der Waals surface area contributed by atoms with Crippen LogP contribution in [0.15, 0.2) is 12.7 Å². The average molecular weight is 331 g/mol. The summed E-state index contributed by atoms with van der Waals surface area (Å²) in [6.45, 7) is 3.51. The van der Waals surface area contributed by atoms with Gasteiger partial charge in [-0.05, 0) is 39.0 Å². The molecule has 2 aliphatic rings. The number of rotatable bonds is 3. The van der Waals surface area contributed by atoms with Crippen LogP contribution in [0.25, 0.3) is 0 Å². The molecule has 122 valence electrons. The molecule has 0 aromatic carbocycles. The zero-order valence-electron chi connectivity index (χ0n) is 13.3. The first-order chi connectivity index (χ1) is 11.2. The van der Waals surface area contributed by atoms with E-state index in [4.69, 9.17) is 4.98 Å². The second-order valence-electron chi connectivity index (χ2n) is 6.43. The Morgan fingerprint density at radius 3 is 2.87 bits per heavy atom. The largest absolute Gasteiger partial charge is 0.341 e. The van der Waals surface area contributed by atoms with Gasteiger partial charge in [-0.2, -0.15) is 5.10 Å². The third-order valence-corrected chi connectivity index (χ3v) is 6.28. The van der Waals surface area contributed by atoms with Crippen LogP contribution in [0.1, 0.15) is 53.7 Å². The lowest BCUT2D eigenvalue weighted by molar-refractivity contribution is -0.135. The quantitative estimate of drug-likeness (QED) is 0.865. The van der Waals surface area contributed by atoms with Crippen molar-refractivity contribution >= 4 is 17.2 Å². The van der Waals surface area contributed by atoms with Crippen LogP contribution in [0.5, 0.6) is 0 Å². The highest BCUT2D eigenvalue weighted by atomic mass is 32.1. The molecule has 1 aliphatic heterocycles. The number of likely N-dealkylation sites (tertiary alicyclic amines) is 1. The highest BCUT2D eigenvalue weighted by molar-refractivity contribution is 7.11. The average Bonchev–Trinajstić information content (AvgIpc) is 3.29. The predicted molar refractivity (Wildman–Crippen MR) is 87.4 cm³/mol. The maximum absolute atomic E-state index is 12.6.